The number of aromatic nitrogens is 1. The SMILES string of the molecule is N#CNC(=O)c1cc[nH+]cc1. The number of hydrogen-bond donors (Lipinski definition) is 1. The van der Waals surface area contributed by atoms with Gasteiger partial charge in [-0.25, -0.2) is 4.98 Å². The number of hydrogen-bond acceptors (Lipinski definition) is 2. The number of aromatic amines is 1. The van der Waals surface area contributed by atoms with Crippen molar-refractivity contribution in [3.05, 3.63) is 30.1 Å². The first-order valence-corrected chi connectivity index (χ1v) is 3.00. The van der Waals surface area contributed by atoms with Crippen molar-refractivity contribution in [1.82, 2.24) is 5.32 Å². The van der Waals surface area contributed by atoms with Gasteiger partial charge in [0.2, 0.25) is 0 Å². The van der Waals surface area contributed by atoms with Gasteiger partial charge in [0.25, 0.3) is 5.91 Å². The number of rotatable bonds is 1. The maximum atomic E-state index is 10.9. The molecule has 4 heteroatoms. The number of nitriles is 1. The minimum atomic E-state index is -0.387. The third kappa shape index (κ3) is 1.76. The monoisotopic (exact) mass is 148 g/mol. The summed E-state index contributed by atoms with van der Waals surface area (Å²) in [6.07, 6.45) is 4.79. The van der Waals surface area contributed by atoms with Gasteiger partial charge in [-0.05, 0) is 0 Å². The molecule has 0 saturated heterocycles. The third-order valence-corrected chi connectivity index (χ3v) is 1.15. The summed E-state index contributed by atoms with van der Waals surface area (Å²) >= 11 is 0. The molecule has 0 radical (unpaired) electrons. The smallest absolute Gasteiger partial charge is 0.264 e. The van der Waals surface area contributed by atoms with E-state index in [9.17, 15) is 4.79 Å². The summed E-state index contributed by atoms with van der Waals surface area (Å²) in [4.78, 5) is 13.7. The van der Waals surface area contributed by atoms with Crippen LogP contribution in [0.15, 0.2) is 24.5 Å². The Hall–Kier alpha value is -1.89. The summed E-state index contributed by atoms with van der Waals surface area (Å²) in [5.41, 5.74) is 0.463. The summed E-state index contributed by atoms with van der Waals surface area (Å²) < 4.78 is 0. The van der Waals surface area contributed by atoms with Gasteiger partial charge >= 0.3 is 0 Å². The Bertz CT molecular complexity index is 288. The summed E-state index contributed by atoms with van der Waals surface area (Å²) in [7, 11) is 0. The maximum Gasteiger partial charge on any atom is 0.264 e. The Morgan fingerprint density at radius 2 is 2.18 bits per heavy atom. The fourth-order valence-electron chi connectivity index (χ4n) is 0.661. The fraction of sp³-hybridized carbons (Fsp3) is 0. The molecule has 0 fully saturated rings. The average Bonchev–Trinajstić information content (AvgIpc) is 2.07. The van der Waals surface area contributed by atoms with Crippen LogP contribution in [0.25, 0.3) is 0 Å². The van der Waals surface area contributed by atoms with Gasteiger partial charge < -0.3 is 0 Å². The quantitative estimate of drug-likeness (QED) is 0.439. The predicted molar refractivity (Wildman–Crippen MR) is 36.1 cm³/mol. The van der Waals surface area contributed by atoms with Crippen LogP contribution in [0.2, 0.25) is 0 Å². The van der Waals surface area contributed by atoms with Crippen molar-refractivity contribution >= 4 is 5.91 Å². The summed E-state index contributed by atoms with van der Waals surface area (Å²) in [5, 5.41) is 10.1. The first-order valence-electron chi connectivity index (χ1n) is 3.00. The average molecular weight is 148 g/mol. The van der Waals surface area contributed by atoms with E-state index in [1.165, 1.54) is 0 Å². The minimum Gasteiger partial charge on any atom is -0.268 e. The lowest BCUT2D eigenvalue weighted by Gasteiger charge is -1.91. The highest BCUT2D eigenvalue weighted by Crippen LogP contribution is 1.92. The second-order valence-corrected chi connectivity index (χ2v) is 1.85. The Balaban J connectivity index is 2.79. The second-order valence-electron chi connectivity index (χ2n) is 1.85. The largest absolute Gasteiger partial charge is 0.268 e. The van der Waals surface area contributed by atoms with Crippen molar-refractivity contribution in [2.24, 2.45) is 0 Å². The van der Waals surface area contributed by atoms with Crippen LogP contribution in [0.4, 0.5) is 0 Å². The highest BCUT2D eigenvalue weighted by molar-refractivity contribution is 5.94. The van der Waals surface area contributed by atoms with Crippen LogP contribution in [0.1, 0.15) is 10.4 Å². The van der Waals surface area contributed by atoms with E-state index in [1.807, 2.05) is 5.32 Å². The van der Waals surface area contributed by atoms with Crippen LogP contribution in [-0.4, -0.2) is 5.91 Å². The fourth-order valence-corrected chi connectivity index (χ4v) is 0.661. The number of nitrogens with one attached hydrogen (secondary N) is 2. The number of nitrogens with zero attached hydrogens (tertiary/aromatic N) is 1. The van der Waals surface area contributed by atoms with E-state index >= 15 is 0 Å². The molecule has 1 amide bonds. The number of carbonyl (C=O) groups is 1. The molecular formula is C7H6N3O+. The van der Waals surface area contributed by atoms with Crippen LogP contribution >= 0.6 is 0 Å². The number of carbonyl (C=O) groups excluding carboxylic acids is 1. The van der Waals surface area contributed by atoms with Gasteiger partial charge in [0, 0.05) is 12.1 Å². The van der Waals surface area contributed by atoms with Gasteiger partial charge in [-0.2, -0.15) is 5.26 Å². The molecule has 0 aliphatic rings. The van der Waals surface area contributed by atoms with Crippen molar-refractivity contribution in [2.45, 2.75) is 0 Å². The van der Waals surface area contributed by atoms with Crippen molar-refractivity contribution in [3.63, 3.8) is 0 Å². The Kier molecular flexibility index (Phi) is 2.18. The molecule has 0 aliphatic carbocycles. The van der Waals surface area contributed by atoms with Crippen LogP contribution in [0, 0.1) is 11.5 Å². The van der Waals surface area contributed by atoms with Crippen LogP contribution < -0.4 is 10.3 Å². The first kappa shape index (κ1) is 7.22. The molecule has 1 aromatic rings. The number of pyridine rings is 1. The van der Waals surface area contributed by atoms with E-state index in [0.29, 0.717) is 5.56 Å². The second kappa shape index (κ2) is 3.32. The lowest BCUT2D eigenvalue weighted by Crippen LogP contribution is -2.18. The molecule has 1 rings (SSSR count). The zero-order chi connectivity index (χ0) is 8.10. The zero-order valence-electron chi connectivity index (χ0n) is 5.66. The van der Waals surface area contributed by atoms with Gasteiger partial charge in [0.15, 0.2) is 18.6 Å². The molecular weight excluding hydrogens is 142 g/mol. The standard InChI is InChI=1S/C7H5N3O/c8-5-10-7(11)6-1-3-9-4-2-6/h1-4H,(H,10,11)/p+1. The molecule has 0 spiro atoms. The highest BCUT2D eigenvalue weighted by atomic mass is 16.1. The van der Waals surface area contributed by atoms with E-state index in [2.05, 4.69) is 4.98 Å². The third-order valence-electron chi connectivity index (χ3n) is 1.15. The molecule has 0 unspecified atom stereocenters. The topological polar surface area (TPSA) is 67.0 Å². The minimum absolute atomic E-state index is 0.387. The van der Waals surface area contributed by atoms with Crippen molar-refractivity contribution < 1.29 is 9.78 Å². The lowest BCUT2D eigenvalue weighted by atomic mass is 10.2. The van der Waals surface area contributed by atoms with E-state index in [-0.39, 0.29) is 5.91 Å². The van der Waals surface area contributed by atoms with Gasteiger partial charge in [0.1, 0.15) is 0 Å². The molecule has 0 saturated carbocycles. The Morgan fingerprint density at radius 3 is 2.73 bits per heavy atom. The normalized spacial score (nSPS) is 8.27. The molecule has 0 atom stereocenters. The maximum absolute atomic E-state index is 10.9. The molecule has 0 bridgehead atoms. The number of amides is 1. The molecule has 11 heavy (non-hydrogen) atoms. The van der Waals surface area contributed by atoms with Gasteiger partial charge in [0.05, 0.1) is 5.56 Å². The highest BCUT2D eigenvalue weighted by Gasteiger charge is 2.02. The molecule has 1 heterocycles. The van der Waals surface area contributed by atoms with Crippen LogP contribution in [-0.2, 0) is 0 Å². The zero-order valence-corrected chi connectivity index (χ0v) is 5.66. The Morgan fingerprint density at radius 1 is 1.55 bits per heavy atom. The van der Waals surface area contributed by atoms with E-state index < -0.39 is 0 Å². The lowest BCUT2D eigenvalue weighted by molar-refractivity contribution is -0.378. The van der Waals surface area contributed by atoms with Crippen LogP contribution in [0.5, 0.6) is 0 Å². The van der Waals surface area contributed by atoms with E-state index in [1.54, 1.807) is 30.7 Å². The van der Waals surface area contributed by atoms with Gasteiger partial charge in [-0.15, -0.1) is 0 Å². The van der Waals surface area contributed by atoms with E-state index in [4.69, 9.17) is 5.26 Å². The predicted octanol–water partition coefficient (Wildman–Crippen LogP) is -0.288. The van der Waals surface area contributed by atoms with Gasteiger partial charge in [-0.3, -0.25) is 10.1 Å². The van der Waals surface area contributed by atoms with Crippen molar-refractivity contribution in [3.8, 4) is 6.19 Å². The molecule has 1 aromatic heterocycles. The summed E-state index contributed by atoms with van der Waals surface area (Å²) in [6, 6.07) is 3.18. The van der Waals surface area contributed by atoms with Crippen molar-refractivity contribution in [2.75, 3.05) is 0 Å². The molecule has 0 aliphatic heterocycles. The first-order chi connectivity index (χ1) is 5.34. The van der Waals surface area contributed by atoms with Gasteiger partial charge in [-0.1, -0.05) is 0 Å². The molecule has 2 N–H and O–H groups in total. The van der Waals surface area contributed by atoms with Crippen LogP contribution in [0.3, 0.4) is 0 Å². The molecule has 0 aromatic carbocycles. The van der Waals surface area contributed by atoms with Crippen molar-refractivity contribution in [1.29, 1.82) is 5.26 Å². The summed E-state index contributed by atoms with van der Waals surface area (Å²) in [5.74, 6) is -0.387. The molecule has 54 valence electrons. The number of H-pyrrole nitrogens is 1. The van der Waals surface area contributed by atoms with E-state index in [0.717, 1.165) is 0 Å². The summed E-state index contributed by atoms with van der Waals surface area (Å²) in [6.45, 7) is 0. The Labute approximate surface area is 63.5 Å². The molecule has 4 nitrogen and oxygen atoms in total.